The van der Waals surface area contributed by atoms with E-state index in [4.69, 9.17) is 5.73 Å². The average molecular weight is 211 g/mol. The molecule has 86 valence electrons. The minimum atomic E-state index is 0.104. The smallest absolute Gasteiger partial charge is 0.236 e. The van der Waals surface area contributed by atoms with E-state index < -0.39 is 0 Å². The summed E-state index contributed by atoms with van der Waals surface area (Å²) in [6, 6.07) is 0.917. The Morgan fingerprint density at radius 1 is 1.40 bits per heavy atom. The molecule has 0 aromatic rings. The molecule has 2 saturated heterocycles. The van der Waals surface area contributed by atoms with Gasteiger partial charge >= 0.3 is 0 Å². The Kier molecular flexibility index (Phi) is 3.26. The van der Waals surface area contributed by atoms with E-state index in [0.717, 1.165) is 13.1 Å². The summed E-state index contributed by atoms with van der Waals surface area (Å²) in [7, 11) is 0. The second kappa shape index (κ2) is 4.49. The number of piperidine rings is 1. The van der Waals surface area contributed by atoms with Crippen molar-refractivity contribution >= 4 is 5.91 Å². The fraction of sp³-hybridized carbons (Fsp3) is 0.909. The lowest BCUT2D eigenvalue weighted by molar-refractivity contribution is -0.136. The molecule has 15 heavy (non-hydrogen) atoms. The second-order valence-electron chi connectivity index (χ2n) is 4.74. The maximum atomic E-state index is 11.6. The van der Waals surface area contributed by atoms with Gasteiger partial charge in [-0.3, -0.25) is 9.69 Å². The summed E-state index contributed by atoms with van der Waals surface area (Å²) in [6.45, 7) is 5.39. The first-order chi connectivity index (χ1) is 7.22. The fourth-order valence-corrected chi connectivity index (χ4v) is 2.82. The Bertz CT molecular complexity index is 244. The number of fused-ring (bicyclic) bond motifs is 1. The van der Waals surface area contributed by atoms with E-state index in [-0.39, 0.29) is 12.5 Å². The largest absolute Gasteiger partial charge is 0.336 e. The molecule has 2 atom stereocenters. The monoisotopic (exact) mass is 211 g/mol. The molecule has 2 aliphatic heterocycles. The van der Waals surface area contributed by atoms with E-state index in [1.54, 1.807) is 0 Å². The number of carbonyl (C=O) groups is 1. The molecule has 0 saturated carbocycles. The first-order valence-corrected chi connectivity index (χ1v) is 5.96. The molecule has 0 spiro atoms. The van der Waals surface area contributed by atoms with Crippen molar-refractivity contribution in [2.75, 3.05) is 26.2 Å². The Hall–Kier alpha value is -0.610. The first-order valence-electron chi connectivity index (χ1n) is 5.96. The van der Waals surface area contributed by atoms with Crippen LogP contribution < -0.4 is 5.73 Å². The molecule has 2 unspecified atom stereocenters. The predicted octanol–water partition coefficient (Wildman–Crippen LogP) is 0.0303. The van der Waals surface area contributed by atoms with Crippen molar-refractivity contribution in [2.24, 2.45) is 5.73 Å². The third kappa shape index (κ3) is 2.16. The van der Waals surface area contributed by atoms with E-state index in [0.29, 0.717) is 12.1 Å². The molecule has 1 amide bonds. The minimum absolute atomic E-state index is 0.104. The lowest BCUT2D eigenvalue weighted by atomic mass is 9.97. The first kappa shape index (κ1) is 10.9. The van der Waals surface area contributed by atoms with Gasteiger partial charge in [0.1, 0.15) is 0 Å². The normalized spacial score (nSPS) is 32.5. The summed E-state index contributed by atoms with van der Waals surface area (Å²) in [5.74, 6) is 0.104. The third-order valence-corrected chi connectivity index (χ3v) is 3.68. The van der Waals surface area contributed by atoms with Crippen molar-refractivity contribution in [3.8, 4) is 0 Å². The average Bonchev–Trinajstić information content (AvgIpc) is 2.27. The van der Waals surface area contributed by atoms with Gasteiger partial charge in [-0.1, -0.05) is 6.42 Å². The number of rotatable bonds is 1. The van der Waals surface area contributed by atoms with Gasteiger partial charge in [0, 0.05) is 25.2 Å². The molecule has 4 heteroatoms. The van der Waals surface area contributed by atoms with E-state index in [1.165, 1.54) is 25.8 Å². The molecule has 0 bridgehead atoms. The summed E-state index contributed by atoms with van der Waals surface area (Å²) in [6.07, 6.45) is 3.86. The quantitative estimate of drug-likeness (QED) is 0.666. The highest BCUT2D eigenvalue weighted by Gasteiger charge is 2.34. The molecular weight excluding hydrogens is 190 g/mol. The second-order valence-corrected chi connectivity index (χ2v) is 4.74. The summed E-state index contributed by atoms with van der Waals surface area (Å²) in [4.78, 5) is 16.1. The van der Waals surface area contributed by atoms with Crippen LogP contribution in [0.3, 0.4) is 0 Å². The molecule has 0 aliphatic carbocycles. The summed E-state index contributed by atoms with van der Waals surface area (Å²) < 4.78 is 0. The SMILES string of the molecule is CC1CN2CCCCC2CN1C(=O)CN. The van der Waals surface area contributed by atoms with Crippen LogP contribution in [-0.2, 0) is 4.79 Å². The Morgan fingerprint density at radius 3 is 2.93 bits per heavy atom. The lowest BCUT2D eigenvalue weighted by Crippen LogP contribution is -2.60. The molecule has 2 heterocycles. The number of piperazine rings is 1. The van der Waals surface area contributed by atoms with E-state index >= 15 is 0 Å². The fourth-order valence-electron chi connectivity index (χ4n) is 2.82. The Balaban J connectivity index is 2.01. The van der Waals surface area contributed by atoms with Crippen LogP contribution in [0.5, 0.6) is 0 Å². The van der Waals surface area contributed by atoms with Crippen molar-refractivity contribution in [1.82, 2.24) is 9.80 Å². The number of nitrogens with zero attached hydrogens (tertiary/aromatic N) is 2. The summed E-state index contributed by atoms with van der Waals surface area (Å²) >= 11 is 0. The highest BCUT2D eigenvalue weighted by molar-refractivity contribution is 5.78. The topological polar surface area (TPSA) is 49.6 Å². The highest BCUT2D eigenvalue weighted by Crippen LogP contribution is 2.23. The summed E-state index contributed by atoms with van der Waals surface area (Å²) in [5.41, 5.74) is 5.43. The van der Waals surface area contributed by atoms with Crippen LogP contribution in [-0.4, -0.2) is 54.0 Å². The van der Waals surface area contributed by atoms with Crippen molar-refractivity contribution in [3.05, 3.63) is 0 Å². The van der Waals surface area contributed by atoms with Crippen LogP contribution in [0.25, 0.3) is 0 Å². The van der Waals surface area contributed by atoms with Gasteiger partial charge in [-0.2, -0.15) is 0 Å². The standard InChI is InChI=1S/C11H21N3O/c1-9-7-13-5-3-2-4-10(13)8-14(9)11(15)6-12/h9-10H,2-8,12H2,1H3. The van der Waals surface area contributed by atoms with E-state index in [9.17, 15) is 4.79 Å². The van der Waals surface area contributed by atoms with Crippen molar-refractivity contribution in [3.63, 3.8) is 0 Å². The number of nitrogens with two attached hydrogens (primary N) is 1. The van der Waals surface area contributed by atoms with Crippen LogP contribution >= 0.6 is 0 Å². The van der Waals surface area contributed by atoms with E-state index in [1.807, 2.05) is 4.90 Å². The van der Waals surface area contributed by atoms with Crippen LogP contribution in [0, 0.1) is 0 Å². The van der Waals surface area contributed by atoms with Gasteiger partial charge < -0.3 is 10.6 Å². The molecule has 0 radical (unpaired) electrons. The minimum Gasteiger partial charge on any atom is -0.336 e. The molecule has 2 aliphatic rings. The molecule has 4 nitrogen and oxygen atoms in total. The zero-order chi connectivity index (χ0) is 10.8. The van der Waals surface area contributed by atoms with Crippen LogP contribution in [0.1, 0.15) is 26.2 Å². The lowest BCUT2D eigenvalue weighted by Gasteiger charge is -2.47. The Morgan fingerprint density at radius 2 is 2.20 bits per heavy atom. The molecule has 0 aromatic heterocycles. The number of amides is 1. The van der Waals surface area contributed by atoms with Gasteiger partial charge in [0.2, 0.25) is 5.91 Å². The van der Waals surface area contributed by atoms with Gasteiger partial charge in [-0.15, -0.1) is 0 Å². The maximum absolute atomic E-state index is 11.6. The van der Waals surface area contributed by atoms with Gasteiger partial charge in [-0.25, -0.2) is 0 Å². The van der Waals surface area contributed by atoms with Crippen molar-refractivity contribution in [2.45, 2.75) is 38.3 Å². The van der Waals surface area contributed by atoms with Crippen LogP contribution in [0.2, 0.25) is 0 Å². The van der Waals surface area contributed by atoms with Crippen molar-refractivity contribution in [1.29, 1.82) is 0 Å². The number of hydrogen-bond acceptors (Lipinski definition) is 3. The molecule has 2 rings (SSSR count). The molecule has 0 aromatic carbocycles. The highest BCUT2D eigenvalue weighted by atomic mass is 16.2. The van der Waals surface area contributed by atoms with Crippen LogP contribution in [0.4, 0.5) is 0 Å². The zero-order valence-electron chi connectivity index (χ0n) is 9.48. The Labute approximate surface area is 91.4 Å². The number of hydrogen-bond donors (Lipinski definition) is 1. The van der Waals surface area contributed by atoms with Crippen molar-refractivity contribution < 1.29 is 4.79 Å². The third-order valence-electron chi connectivity index (χ3n) is 3.68. The molecule has 2 N–H and O–H groups in total. The maximum Gasteiger partial charge on any atom is 0.236 e. The molecule has 2 fully saturated rings. The van der Waals surface area contributed by atoms with E-state index in [2.05, 4.69) is 11.8 Å². The zero-order valence-corrected chi connectivity index (χ0v) is 9.48. The molecular formula is C11H21N3O. The van der Waals surface area contributed by atoms with Gasteiger partial charge in [-0.05, 0) is 26.3 Å². The van der Waals surface area contributed by atoms with Crippen LogP contribution in [0.15, 0.2) is 0 Å². The van der Waals surface area contributed by atoms with Gasteiger partial charge in [0.15, 0.2) is 0 Å². The summed E-state index contributed by atoms with van der Waals surface area (Å²) in [5, 5.41) is 0. The predicted molar refractivity (Wildman–Crippen MR) is 59.4 cm³/mol. The van der Waals surface area contributed by atoms with Gasteiger partial charge in [0.05, 0.1) is 6.54 Å². The van der Waals surface area contributed by atoms with Gasteiger partial charge in [0.25, 0.3) is 0 Å². The number of carbonyl (C=O) groups excluding carboxylic acids is 1.